The van der Waals surface area contributed by atoms with Gasteiger partial charge in [-0.25, -0.2) is 4.79 Å². The Hall–Kier alpha value is -1.35. The van der Waals surface area contributed by atoms with Crippen LogP contribution < -0.4 is 5.32 Å². The third-order valence-electron chi connectivity index (χ3n) is 3.47. The van der Waals surface area contributed by atoms with E-state index >= 15 is 0 Å². The lowest BCUT2D eigenvalue weighted by atomic mass is 9.90. The molecular weight excluding hydrogens is 250 g/mol. The lowest BCUT2D eigenvalue weighted by Crippen LogP contribution is -2.48. The monoisotopic (exact) mass is 277 g/mol. The molecule has 0 saturated carbocycles. The lowest BCUT2D eigenvalue weighted by molar-refractivity contribution is -0.144. The second-order valence-electron chi connectivity index (χ2n) is 6.50. The van der Waals surface area contributed by atoms with Crippen molar-refractivity contribution in [2.45, 2.75) is 46.6 Å². The van der Waals surface area contributed by atoms with E-state index in [4.69, 9.17) is 0 Å². The van der Waals surface area contributed by atoms with Gasteiger partial charge in [0.2, 0.25) is 0 Å². The third kappa shape index (κ3) is 4.34. The summed E-state index contributed by atoms with van der Waals surface area (Å²) in [5, 5.41) is 12.7. The van der Waals surface area contributed by atoms with Gasteiger partial charge in [-0.2, -0.15) is 0 Å². The van der Waals surface area contributed by atoms with Gasteiger partial charge in [0.25, 0.3) is 0 Å². The van der Waals surface area contributed by atoms with E-state index in [9.17, 15) is 9.90 Å². The van der Waals surface area contributed by atoms with Gasteiger partial charge in [-0.05, 0) is 42.9 Å². The molecule has 0 aromatic heterocycles. The van der Waals surface area contributed by atoms with E-state index in [0.29, 0.717) is 18.4 Å². The van der Waals surface area contributed by atoms with E-state index in [-0.39, 0.29) is 0 Å². The quantitative estimate of drug-likeness (QED) is 0.802. The molecular formula is C17H27NO2. The maximum Gasteiger partial charge on any atom is 0.328 e. The molecule has 0 aliphatic heterocycles. The van der Waals surface area contributed by atoms with Gasteiger partial charge < -0.3 is 5.11 Å². The predicted octanol–water partition coefficient (Wildman–Crippen LogP) is 3.43. The van der Waals surface area contributed by atoms with Crippen molar-refractivity contribution in [3.05, 3.63) is 35.4 Å². The van der Waals surface area contributed by atoms with E-state index in [2.05, 4.69) is 33.0 Å². The fraction of sp³-hybridized carbons (Fsp3) is 0.588. The number of benzene rings is 1. The summed E-state index contributed by atoms with van der Waals surface area (Å²) in [6, 6.07) is 7.93. The Balaban J connectivity index is 2.94. The molecule has 0 bridgehead atoms. The van der Waals surface area contributed by atoms with Gasteiger partial charge in [0.05, 0.1) is 0 Å². The number of rotatable bonds is 7. The molecule has 0 amide bonds. The molecule has 1 aromatic rings. The second-order valence-corrected chi connectivity index (χ2v) is 6.50. The first-order valence-electron chi connectivity index (χ1n) is 7.33. The number of carboxylic acids is 1. The van der Waals surface area contributed by atoms with Crippen LogP contribution in [0, 0.1) is 11.8 Å². The van der Waals surface area contributed by atoms with Gasteiger partial charge in [-0.3, -0.25) is 5.32 Å². The van der Waals surface area contributed by atoms with Crippen molar-refractivity contribution >= 4 is 5.97 Å². The number of aliphatic carboxylic acids is 1. The predicted molar refractivity (Wildman–Crippen MR) is 82.8 cm³/mol. The zero-order valence-corrected chi connectivity index (χ0v) is 13.2. The van der Waals surface area contributed by atoms with Crippen molar-refractivity contribution in [2.75, 3.05) is 6.54 Å². The molecule has 1 aromatic carbocycles. The van der Waals surface area contributed by atoms with E-state index in [1.54, 1.807) is 6.92 Å². The molecule has 0 fully saturated rings. The normalized spacial score (nSPS) is 14.6. The molecule has 2 N–H and O–H groups in total. The largest absolute Gasteiger partial charge is 0.480 e. The van der Waals surface area contributed by atoms with Crippen LogP contribution in [0.1, 0.15) is 45.7 Å². The van der Waals surface area contributed by atoms with Crippen LogP contribution in [0.25, 0.3) is 0 Å². The van der Waals surface area contributed by atoms with Crippen molar-refractivity contribution in [2.24, 2.45) is 11.8 Å². The smallest absolute Gasteiger partial charge is 0.328 e. The van der Waals surface area contributed by atoms with Crippen LogP contribution in [0.2, 0.25) is 0 Å². The minimum atomic E-state index is -1.03. The molecule has 0 saturated heterocycles. The highest BCUT2D eigenvalue weighted by Gasteiger charge is 2.34. The molecule has 3 nitrogen and oxygen atoms in total. The molecule has 0 spiro atoms. The molecule has 1 rings (SSSR count). The summed E-state index contributed by atoms with van der Waals surface area (Å²) in [6.45, 7) is 10.9. The van der Waals surface area contributed by atoms with E-state index in [1.807, 2.05) is 24.3 Å². The zero-order chi connectivity index (χ0) is 15.3. The van der Waals surface area contributed by atoms with Crippen LogP contribution >= 0.6 is 0 Å². The molecule has 3 heteroatoms. The summed E-state index contributed by atoms with van der Waals surface area (Å²) in [4.78, 5) is 11.6. The lowest BCUT2D eigenvalue weighted by Gasteiger charge is -2.28. The van der Waals surface area contributed by atoms with Crippen LogP contribution in [0.4, 0.5) is 0 Å². The standard InChI is InChI=1S/C17H27NO2/c1-12(2)10-14-6-8-15(9-7-14)17(5,16(19)20)18-11-13(3)4/h6-9,12-13,18H,10-11H2,1-5H3,(H,19,20). The Bertz CT molecular complexity index is 437. The van der Waals surface area contributed by atoms with Crippen molar-refractivity contribution in [3.8, 4) is 0 Å². The summed E-state index contributed by atoms with van der Waals surface area (Å²) < 4.78 is 0. The fourth-order valence-electron chi connectivity index (χ4n) is 2.15. The van der Waals surface area contributed by atoms with Crippen LogP contribution in [0.3, 0.4) is 0 Å². The molecule has 1 atom stereocenters. The number of carbonyl (C=O) groups is 1. The van der Waals surface area contributed by atoms with Crippen molar-refractivity contribution in [1.29, 1.82) is 0 Å². The molecule has 0 aliphatic carbocycles. The summed E-state index contributed by atoms with van der Waals surface area (Å²) in [6.07, 6.45) is 1.02. The van der Waals surface area contributed by atoms with Gasteiger partial charge >= 0.3 is 5.97 Å². The third-order valence-corrected chi connectivity index (χ3v) is 3.47. The highest BCUT2D eigenvalue weighted by Crippen LogP contribution is 2.23. The average molecular weight is 277 g/mol. The van der Waals surface area contributed by atoms with Gasteiger partial charge in [0.15, 0.2) is 0 Å². The maximum absolute atomic E-state index is 11.6. The molecule has 1 unspecified atom stereocenters. The summed E-state index contributed by atoms with van der Waals surface area (Å²) >= 11 is 0. The number of carboxylic acid groups (broad SMARTS) is 1. The Morgan fingerprint density at radius 2 is 1.70 bits per heavy atom. The van der Waals surface area contributed by atoms with Crippen LogP contribution in [-0.2, 0) is 16.8 Å². The highest BCUT2D eigenvalue weighted by molar-refractivity contribution is 5.80. The minimum absolute atomic E-state index is 0.411. The Kier molecular flexibility index (Phi) is 5.75. The van der Waals surface area contributed by atoms with Crippen LogP contribution in [0.15, 0.2) is 24.3 Å². The molecule has 0 aliphatic rings. The number of nitrogens with one attached hydrogen (secondary N) is 1. The minimum Gasteiger partial charge on any atom is -0.480 e. The Labute approximate surface area is 122 Å². The maximum atomic E-state index is 11.6. The zero-order valence-electron chi connectivity index (χ0n) is 13.2. The van der Waals surface area contributed by atoms with Gasteiger partial charge in [-0.1, -0.05) is 52.0 Å². The number of hydrogen-bond donors (Lipinski definition) is 2. The van der Waals surface area contributed by atoms with Crippen LogP contribution in [0.5, 0.6) is 0 Å². The Morgan fingerprint density at radius 3 is 2.10 bits per heavy atom. The highest BCUT2D eigenvalue weighted by atomic mass is 16.4. The first-order chi connectivity index (χ1) is 9.25. The summed E-state index contributed by atoms with van der Waals surface area (Å²) in [5.41, 5.74) is 1.03. The first-order valence-corrected chi connectivity index (χ1v) is 7.33. The van der Waals surface area contributed by atoms with Crippen molar-refractivity contribution in [1.82, 2.24) is 5.32 Å². The second kappa shape index (κ2) is 6.89. The van der Waals surface area contributed by atoms with Gasteiger partial charge in [-0.15, -0.1) is 0 Å². The first kappa shape index (κ1) is 16.7. The number of hydrogen-bond acceptors (Lipinski definition) is 2. The van der Waals surface area contributed by atoms with Crippen molar-refractivity contribution < 1.29 is 9.90 Å². The fourth-order valence-corrected chi connectivity index (χ4v) is 2.15. The van der Waals surface area contributed by atoms with E-state index in [1.165, 1.54) is 5.56 Å². The molecule has 0 heterocycles. The summed E-state index contributed by atoms with van der Waals surface area (Å²) in [5.74, 6) is 0.175. The molecule has 0 radical (unpaired) electrons. The average Bonchev–Trinajstić information content (AvgIpc) is 2.35. The summed E-state index contributed by atoms with van der Waals surface area (Å²) in [7, 11) is 0. The molecule has 20 heavy (non-hydrogen) atoms. The van der Waals surface area contributed by atoms with E-state index < -0.39 is 11.5 Å². The Morgan fingerprint density at radius 1 is 1.15 bits per heavy atom. The molecule has 112 valence electrons. The SMILES string of the molecule is CC(C)CNC(C)(C(=O)O)c1ccc(CC(C)C)cc1. The van der Waals surface area contributed by atoms with Gasteiger partial charge in [0.1, 0.15) is 5.54 Å². The van der Waals surface area contributed by atoms with Crippen molar-refractivity contribution in [3.63, 3.8) is 0 Å². The van der Waals surface area contributed by atoms with Gasteiger partial charge in [0, 0.05) is 0 Å². The van der Waals surface area contributed by atoms with Crippen LogP contribution in [-0.4, -0.2) is 17.6 Å². The topological polar surface area (TPSA) is 49.3 Å². The van der Waals surface area contributed by atoms with E-state index in [0.717, 1.165) is 12.0 Å².